The number of hydrogen-bond donors (Lipinski definition) is 0. The molecule has 16 heavy (non-hydrogen) atoms. The van der Waals surface area contributed by atoms with Crippen molar-refractivity contribution in [3.05, 3.63) is 0 Å². The van der Waals surface area contributed by atoms with Crippen LogP contribution < -0.4 is 0 Å². The largest absolute Gasteiger partial charge is 0.348 e. The molecule has 96 valence electrons. The molecule has 1 aliphatic rings. The minimum absolute atomic E-state index is 0.0932. The third-order valence-corrected chi connectivity index (χ3v) is 3.07. The minimum atomic E-state index is -3.41. The summed E-state index contributed by atoms with van der Waals surface area (Å²) in [6.07, 6.45) is 0.878. The van der Waals surface area contributed by atoms with E-state index in [4.69, 9.17) is 13.7 Å². The molecule has 0 spiro atoms. The van der Waals surface area contributed by atoms with Crippen LogP contribution in [0.4, 0.5) is 0 Å². The molecule has 0 bridgehead atoms. The molecule has 1 unspecified atom stereocenters. The molecule has 1 heterocycles. The van der Waals surface area contributed by atoms with Crippen molar-refractivity contribution in [3.63, 3.8) is 0 Å². The normalized spacial score (nSPS) is 25.9. The maximum Gasteiger partial charge on any atom is 0.264 e. The van der Waals surface area contributed by atoms with Gasteiger partial charge in [0.25, 0.3) is 10.1 Å². The van der Waals surface area contributed by atoms with Crippen molar-refractivity contribution in [2.24, 2.45) is 5.41 Å². The first-order valence-corrected chi connectivity index (χ1v) is 7.00. The lowest BCUT2D eigenvalue weighted by atomic mass is 9.88. The van der Waals surface area contributed by atoms with Crippen LogP contribution >= 0.6 is 0 Å². The molecule has 0 N–H and O–H groups in total. The van der Waals surface area contributed by atoms with E-state index in [1.807, 2.05) is 27.7 Å². The van der Waals surface area contributed by atoms with E-state index in [1.165, 1.54) is 0 Å². The molecule has 5 nitrogen and oxygen atoms in total. The van der Waals surface area contributed by atoms with Crippen LogP contribution in [-0.4, -0.2) is 39.8 Å². The van der Waals surface area contributed by atoms with Crippen LogP contribution in [0.2, 0.25) is 0 Å². The Morgan fingerprint density at radius 1 is 1.44 bits per heavy atom. The quantitative estimate of drug-likeness (QED) is 0.702. The van der Waals surface area contributed by atoms with E-state index < -0.39 is 21.3 Å². The van der Waals surface area contributed by atoms with E-state index in [2.05, 4.69) is 0 Å². The third-order valence-electron chi connectivity index (χ3n) is 2.53. The average molecular weight is 252 g/mol. The highest BCUT2D eigenvalue weighted by Crippen LogP contribution is 2.34. The maximum absolute atomic E-state index is 10.9. The summed E-state index contributed by atoms with van der Waals surface area (Å²) >= 11 is 0. The van der Waals surface area contributed by atoms with Crippen LogP contribution in [0.3, 0.4) is 0 Å². The molecule has 6 heteroatoms. The zero-order valence-electron chi connectivity index (χ0n) is 10.4. The molecule has 1 fully saturated rings. The molecule has 0 saturated carbocycles. The summed E-state index contributed by atoms with van der Waals surface area (Å²) in [5.41, 5.74) is -0.406. The fraction of sp³-hybridized carbons (Fsp3) is 1.00. The van der Waals surface area contributed by atoms with E-state index in [0.29, 0.717) is 6.61 Å². The Hall–Kier alpha value is -0.170. The Balaban J connectivity index is 2.58. The topological polar surface area (TPSA) is 61.8 Å². The van der Waals surface area contributed by atoms with Crippen LogP contribution in [0, 0.1) is 5.41 Å². The Kier molecular flexibility index (Phi) is 3.69. The van der Waals surface area contributed by atoms with Gasteiger partial charge < -0.3 is 9.47 Å². The summed E-state index contributed by atoms with van der Waals surface area (Å²) in [4.78, 5) is 0. The van der Waals surface area contributed by atoms with Gasteiger partial charge in [0.2, 0.25) is 0 Å². The zero-order valence-corrected chi connectivity index (χ0v) is 11.3. The molecule has 0 aromatic rings. The molecule has 1 aliphatic heterocycles. The van der Waals surface area contributed by atoms with E-state index in [0.717, 1.165) is 6.26 Å². The Labute approximate surface area is 97.2 Å². The molecular formula is C10H20O5S. The van der Waals surface area contributed by atoms with Crippen molar-refractivity contribution in [2.45, 2.75) is 39.6 Å². The van der Waals surface area contributed by atoms with Gasteiger partial charge in [-0.1, -0.05) is 13.8 Å². The first-order valence-electron chi connectivity index (χ1n) is 5.18. The maximum atomic E-state index is 10.9. The number of ether oxygens (including phenoxy) is 2. The van der Waals surface area contributed by atoms with Gasteiger partial charge in [0.15, 0.2) is 5.79 Å². The lowest BCUT2D eigenvalue weighted by Gasteiger charge is -2.30. The highest BCUT2D eigenvalue weighted by molar-refractivity contribution is 7.85. The van der Waals surface area contributed by atoms with Gasteiger partial charge in [0, 0.05) is 5.41 Å². The van der Waals surface area contributed by atoms with Crippen LogP contribution in [0.5, 0.6) is 0 Å². The fourth-order valence-corrected chi connectivity index (χ4v) is 1.94. The number of hydrogen-bond acceptors (Lipinski definition) is 5. The molecule has 0 aliphatic carbocycles. The minimum Gasteiger partial charge on any atom is -0.348 e. The van der Waals surface area contributed by atoms with Gasteiger partial charge in [-0.15, -0.1) is 0 Å². The molecule has 1 atom stereocenters. The van der Waals surface area contributed by atoms with E-state index in [9.17, 15) is 8.42 Å². The van der Waals surface area contributed by atoms with Crippen molar-refractivity contribution < 1.29 is 22.1 Å². The predicted octanol–water partition coefficient (Wildman–Crippen LogP) is 1.14. The number of rotatable bonds is 4. The van der Waals surface area contributed by atoms with Crippen LogP contribution in [0.1, 0.15) is 27.7 Å². The first kappa shape index (κ1) is 13.9. The van der Waals surface area contributed by atoms with E-state index >= 15 is 0 Å². The van der Waals surface area contributed by atoms with Gasteiger partial charge in [0.05, 0.1) is 25.6 Å². The molecule has 0 aromatic heterocycles. The van der Waals surface area contributed by atoms with Crippen molar-refractivity contribution in [1.82, 2.24) is 0 Å². The summed E-state index contributed by atoms with van der Waals surface area (Å²) < 4.78 is 37.8. The van der Waals surface area contributed by atoms with Crippen LogP contribution in [-0.2, 0) is 23.8 Å². The molecule has 0 amide bonds. The first-order chi connectivity index (χ1) is 7.02. The molecule has 1 rings (SSSR count). The van der Waals surface area contributed by atoms with Gasteiger partial charge in [0.1, 0.15) is 0 Å². The lowest BCUT2D eigenvalue weighted by Crippen LogP contribution is -2.37. The second kappa shape index (κ2) is 4.25. The van der Waals surface area contributed by atoms with Crippen molar-refractivity contribution in [2.75, 3.05) is 19.5 Å². The molecule has 1 saturated heterocycles. The lowest BCUT2D eigenvalue weighted by molar-refractivity contribution is -0.153. The summed E-state index contributed by atoms with van der Waals surface area (Å²) in [5, 5.41) is 0. The summed E-state index contributed by atoms with van der Waals surface area (Å²) in [6, 6.07) is 0. The smallest absolute Gasteiger partial charge is 0.264 e. The van der Waals surface area contributed by atoms with Crippen LogP contribution in [0.25, 0.3) is 0 Å². The Morgan fingerprint density at radius 3 is 2.38 bits per heavy atom. The van der Waals surface area contributed by atoms with Gasteiger partial charge in [-0.3, -0.25) is 4.18 Å². The highest BCUT2D eigenvalue weighted by atomic mass is 32.2. The predicted molar refractivity (Wildman–Crippen MR) is 59.5 cm³/mol. The van der Waals surface area contributed by atoms with E-state index in [1.54, 1.807) is 0 Å². The average Bonchev–Trinajstić information content (AvgIpc) is 2.42. The van der Waals surface area contributed by atoms with Crippen molar-refractivity contribution in [3.8, 4) is 0 Å². The summed E-state index contributed by atoms with van der Waals surface area (Å²) in [5.74, 6) is -0.604. The SMILES string of the molecule is CC1(C)OCC(C(C)(C)COS(C)(=O)=O)O1. The fourth-order valence-electron chi connectivity index (χ4n) is 1.42. The van der Waals surface area contributed by atoms with Crippen molar-refractivity contribution in [1.29, 1.82) is 0 Å². The van der Waals surface area contributed by atoms with Gasteiger partial charge in [-0.05, 0) is 13.8 Å². The summed E-state index contributed by atoms with van der Waals surface area (Å²) in [6.45, 7) is 8.01. The van der Waals surface area contributed by atoms with Crippen LogP contribution in [0.15, 0.2) is 0 Å². The second-order valence-electron chi connectivity index (χ2n) is 5.27. The molecule has 0 radical (unpaired) electrons. The second-order valence-corrected chi connectivity index (χ2v) is 6.92. The Morgan fingerprint density at radius 2 is 2.00 bits per heavy atom. The highest BCUT2D eigenvalue weighted by Gasteiger charge is 2.42. The van der Waals surface area contributed by atoms with E-state index in [-0.39, 0.29) is 12.7 Å². The standard InChI is InChI=1S/C10H20O5S/c1-9(2,7-14-16(5,11)12)8-6-13-10(3,4)15-8/h8H,6-7H2,1-5H3. The monoisotopic (exact) mass is 252 g/mol. The molecular weight excluding hydrogens is 232 g/mol. The van der Waals surface area contributed by atoms with Crippen molar-refractivity contribution >= 4 is 10.1 Å². The Bertz CT molecular complexity index is 344. The zero-order chi connectivity index (χ0) is 12.6. The molecule has 0 aromatic carbocycles. The summed E-state index contributed by atoms with van der Waals surface area (Å²) in [7, 11) is -3.41. The van der Waals surface area contributed by atoms with Gasteiger partial charge >= 0.3 is 0 Å². The van der Waals surface area contributed by atoms with Gasteiger partial charge in [-0.2, -0.15) is 8.42 Å². The third kappa shape index (κ3) is 4.01. The van der Waals surface area contributed by atoms with Gasteiger partial charge in [-0.25, -0.2) is 0 Å².